The van der Waals surface area contributed by atoms with Crippen molar-refractivity contribution in [3.8, 4) is 0 Å². The van der Waals surface area contributed by atoms with Crippen molar-refractivity contribution in [3.63, 3.8) is 0 Å². The molecule has 9 heteroatoms. The minimum atomic E-state index is -0.0646. The number of nitrogens with zero attached hydrogens (tertiary/aromatic N) is 4. The first-order valence-corrected chi connectivity index (χ1v) is 8.96. The molecule has 0 bridgehead atoms. The fourth-order valence-corrected chi connectivity index (χ4v) is 3.47. The summed E-state index contributed by atoms with van der Waals surface area (Å²) in [4.78, 5) is 33.5. The lowest BCUT2D eigenvalue weighted by Gasteiger charge is -2.33. The molecule has 0 atom stereocenters. The number of aromatic amines is 2. The van der Waals surface area contributed by atoms with Crippen molar-refractivity contribution in [2.45, 2.75) is 25.8 Å². The highest BCUT2D eigenvalue weighted by molar-refractivity contribution is 9.10. The Bertz CT molecular complexity index is 891. The van der Waals surface area contributed by atoms with E-state index in [-0.39, 0.29) is 11.9 Å². The quantitative estimate of drug-likeness (QED) is 0.621. The van der Waals surface area contributed by atoms with Gasteiger partial charge >= 0.3 is 0 Å². The van der Waals surface area contributed by atoms with Gasteiger partial charge in [-0.3, -0.25) is 4.79 Å². The van der Waals surface area contributed by atoms with Crippen LogP contribution in [0.4, 0.5) is 5.82 Å². The molecule has 8 nitrogen and oxygen atoms in total. The summed E-state index contributed by atoms with van der Waals surface area (Å²) in [7, 11) is 0. The van der Waals surface area contributed by atoms with Gasteiger partial charge in [0.05, 0.1) is 6.33 Å². The van der Waals surface area contributed by atoms with E-state index < -0.39 is 0 Å². The van der Waals surface area contributed by atoms with Gasteiger partial charge in [-0.25, -0.2) is 15.0 Å². The number of H-pyrrole nitrogens is 2. The van der Waals surface area contributed by atoms with Crippen molar-refractivity contribution in [2.24, 2.45) is 0 Å². The molecule has 130 valence electrons. The summed E-state index contributed by atoms with van der Waals surface area (Å²) in [5.41, 5.74) is 3.07. The number of hydrogen-bond acceptors (Lipinski definition) is 5. The SMILES string of the molecule is Cc1[nH]c(C(=O)NC2CCN(c3ncnc4nc[nH]c34)CC2)cc1Br. The van der Waals surface area contributed by atoms with Crippen LogP contribution in [0.2, 0.25) is 0 Å². The molecule has 25 heavy (non-hydrogen) atoms. The average Bonchev–Trinajstić information content (AvgIpc) is 3.22. The van der Waals surface area contributed by atoms with E-state index in [4.69, 9.17) is 0 Å². The van der Waals surface area contributed by atoms with Crippen molar-refractivity contribution in [1.82, 2.24) is 30.2 Å². The second-order valence-electron chi connectivity index (χ2n) is 6.19. The third-order valence-corrected chi connectivity index (χ3v) is 5.35. The Labute approximate surface area is 152 Å². The summed E-state index contributed by atoms with van der Waals surface area (Å²) in [6, 6.07) is 1.97. The van der Waals surface area contributed by atoms with E-state index in [9.17, 15) is 4.79 Å². The number of piperidine rings is 1. The van der Waals surface area contributed by atoms with Gasteiger partial charge in [0, 0.05) is 29.3 Å². The molecule has 0 radical (unpaired) electrons. The lowest BCUT2D eigenvalue weighted by molar-refractivity contribution is 0.0926. The minimum Gasteiger partial charge on any atom is -0.355 e. The maximum Gasteiger partial charge on any atom is 0.267 e. The van der Waals surface area contributed by atoms with Crippen molar-refractivity contribution in [3.05, 3.63) is 34.6 Å². The highest BCUT2D eigenvalue weighted by Crippen LogP contribution is 2.23. The molecule has 3 N–H and O–H groups in total. The Hall–Kier alpha value is -2.42. The van der Waals surface area contributed by atoms with Gasteiger partial charge in [0.2, 0.25) is 0 Å². The van der Waals surface area contributed by atoms with E-state index in [0.717, 1.165) is 47.4 Å². The number of fused-ring (bicyclic) bond motifs is 1. The second-order valence-corrected chi connectivity index (χ2v) is 7.04. The molecular formula is C16H18BrN7O. The molecule has 0 saturated carbocycles. The lowest BCUT2D eigenvalue weighted by Crippen LogP contribution is -2.45. The fraction of sp³-hybridized carbons (Fsp3) is 0.375. The second kappa shape index (κ2) is 6.47. The number of amides is 1. The van der Waals surface area contributed by atoms with Crippen LogP contribution in [0.5, 0.6) is 0 Å². The predicted octanol–water partition coefficient (Wildman–Crippen LogP) is 2.15. The standard InChI is InChI=1S/C16H18BrN7O/c1-9-11(17)6-12(22-9)16(25)23-10-2-4-24(5-3-10)15-13-14(19-7-18-13)20-8-21-15/h6-8,10,22H,2-5H2,1H3,(H,23,25)(H,18,19,20,21). The van der Waals surface area contributed by atoms with Gasteiger partial charge in [-0.2, -0.15) is 0 Å². The van der Waals surface area contributed by atoms with Crippen LogP contribution in [0.1, 0.15) is 29.0 Å². The Kier molecular flexibility index (Phi) is 4.16. The normalized spacial score (nSPS) is 15.7. The van der Waals surface area contributed by atoms with Gasteiger partial charge in [-0.1, -0.05) is 0 Å². The van der Waals surface area contributed by atoms with E-state index in [0.29, 0.717) is 11.3 Å². The van der Waals surface area contributed by atoms with E-state index in [2.05, 4.69) is 51.1 Å². The number of aromatic nitrogens is 5. The Balaban J connectivity index is 1.40. The highest BCUT2D eigenvalue weighted by Gasteiger charge is 2.24. The van der Waals surface area contributed by atoms with Crippen LogP contribution in [0.25, 0.3) is 11.2 Å². The van der Waals surface area contributed by atoms with Crippen LogP contribution in [-0.4, -0.2) is 50.0 Å². The average molecular weight is 404 g/mol. The van der Waals surface area contributed by atoms with Crippen LogP contribution < -0.4 is 10.2 Å². The molecule has 4 heterocycles. The zero-order valence-electron chi connectivity index (χ0n) is 13.7. The summed E-state index contributed by atoms with van der Waals surface area (Å²) in [6.07, 6.45) is 4.91. The van der Waals surface area contributed by atoms with Crippen molar-refractivity contribution in [1.29, 1.82) is 0 Å². The van der Waals surface area contributed by atoms with E-state index in [1.807, 2.05) is 13.0 Å². The van der Waals surface area contributed by atoms with Gasteiger partial charge < -0.3 is 20.2 Å². The smallest absolute Gasteiger partial charge is 0.267 e. The van der Waals surface area contributed by atoms with Crippen LogP contribution in [0, 0.1) is 6.92 Å². The number of carbonyl (C=O) groups excluding carboxylic acids is 1. The first-order valence-electron chi connectivity index (χ1n) is 8.17. The van der Waals surface area contributed by atoms with E-state index in [1.165, 1.54) is 6.33 Å². The lowest BCUT2D eigenvalue weighted by atomic mass is 10.0. The van der Waals surface area contributed by atoms with E-state index in [1.54, 1.807) is 6.33 Å². The first-order chi connectivity index (χ1) is 12.1. The molecule has 1 aliphatic rings. The van der Waals surface area contributed by atoms with Crippen LogP contribution >= 0.6 is 15.9 Å². The molecule has 0 aromatic carbocycles. The molecular weight excluding hydrogens is 386 g/mol. The number of anilines is 1. The summed E-state index contributed by atoms with van der Waals surface area (Å²) < 4.78 is 0.916. The minimum absolute atomic E-state index is 0.0646. The Morgan fingerprint density at radius 1 is 1.32 bits per heavy atom. The molecule has 4 rings (SSSR count). The van der Waals surface area contributed by atoms with Crippen LogP contribution in [0.15, 0.2) is 23.2 Å². The molecule has 1 aliphatic heterocycles. The number of nitrogens with one attached hydrogen (secondary N) is 3. The number of imidazole rings is 1. The molecule has 1 saturated heterocycles. The van der Waals surface area contributed by atoms with Gasteiger partial charge in [0.25, 0.3) is 5.91 Å². The third kappa shape index (κ3) is 3.11. The third-order valence-electron chi connectivity index (χ3n) is 4.53. The molecule has 0 spiro atoms. The largest absolute Gasteiger partial charge is 0.355 e. The molecule has 3 aromatic rings. The van der Waals surface area contributed by atoms with Gasteiger partial charge in [0.1, 0.15) is 17.5 Å². The van der Waals surface area contributed by atoms with Gasteiger partial charge in [-0.15, -0.1) is 0 Å². The summed E-state index contributed by atoms with van der Waals surface area (Å²) in [6.45, 7) is 3.57. The van der Waals surface area contributed by atoms with Gasteiger partial charge in [-0.05, 0) is 41.8 Å². The Morgan fingerprint density at radius 2 is 2.12 bits per heavy atom. The highest BCUT2D eigenvalue weighted by atomic mass is 79.9. The summed E-state index contributed by atoms with van der Waals surface area (Å²) >= 11 is 3.42. The van der Waals surface area contributed by atoms with Gasteiger partial charge in [0.15, 0.2) is 11.5 Å². The zero-order valence-corrected chi connectivity index (χ0v) is 15.3. The maximum atomic E-state index is 12.4. The van der Waals surface area contributed by atoms with Crippen molar-refractivity contribution >= 4 is 38.8 Å². The molecule has 0 unspecified atom stereocenters. The van der Waals surface area contributed by atoms with E-state index >= 15 is 0 Å². The summed E-state index contributed by atoms with van der Waals surface area (Å²) in [5.74, 6) is 0.807. The molecule has 1 fully saturated rings. The number of hydrogen-bond donors (Lipinski definition) is 3. The number of aryl methyl sites for hydroxylation is 1. The Morgan fingerprint density at radius 3 is 2.84 bits per heavy atom. The van der Waals surface area contributed by atoms with Crippen LogP contribution in [-0.2, 0) is 0 Å². The fourth-order valence-electron chi connectivity index (χ4n) is 3.15. The van der Waals surface area contributed by atoms with Crippen LogP contribution in [0.3, 0.4) is 0 Å². The topological polar surface area (TPSA) is 103 Å². The predicted molar refractivity (Wildman–Crippen MR) is 97.6 cm³/mol. The number of rotatable bonds is 3. The molecule has 1 amide bonds. The van der Waals surface area contributed by atoms with Crippen molar-refractivity contribution < 1.29 is 4.79 Å². The number of carbonyl (C=O) groups is 1. The van der Waals surface area contributed by atoms with Crippen molar-refractivity contribution in [2.75, 3.05) is 18.0 Å². The molecule has 0 aliphatic carbocycles. The monoisotopic (exact) mass is 403 g/mol. The first kappa shape index (κ1) is 16.1. The zero-order chi connectivity index (χ0) is 17.4. The summed E-state index contributed by atoms with van der Waals surface area (Å²) in [5, 5.41) is 3.11. The molecule has 3 aromatic heterocycles. The maximum absolute atomic E-state index is 12.4. The number of halogens is 1.